The largest absolute Gasteiger partial charge is 0.329 e. The van der Waals surface area contributed by atoms with E-state index < -0.39 is 33.2 Å². The minimum Gasteiger partial charge on any atom is -0.329 e. The van der Waals surface area contributed by atoms with Crippen molar-refractivity contribution < 1.29 is 17.8 Å². The zero-order chi connectivity index (χ0) is 10.9. The van der Waals surface area contributed by atoms with Gasteiger partial charge in [-0.15, -0.1) is 0 Å². The van der Waals surface area contributed by atoms with Gasteiger partial charge in [0.2, 0.25) is 0 Å². The Kier molecular flexibility index (Phi) is 3.56. The summed E-state index contributed by atoms with van der Waals surface area (Å²) in [5.41, 5.74) is 9.09. The van der Waals surface area contributed by atoms with E-state index in [0.29, 0.717) is 0 Å². The Morgan fingerprint density at radius 2 is 1.92 bits per heavy atom. The zero-order valence-corrected chi connectivity index (χ0v) is 8.34. The van der Waals surface area contributed by atoms with Crippen LogP contribution in [-0.4, -0.2) is 36.1 Å². The van der Waals surface area contributed by atoms with E-state index in [9.17, 15) is 13.2 Å². The first-order valence-electron chi connectivity index (χ1n) is 3.60. The number of hydrogen-bond acceptors (Lipinski definition) is 5. The van der Waals surface area contributed by atoms with Gasteiger partial charge < -0.3 is 11.5 Å². The van der Waals surface area contributed by atoms with Crippen LogP contribution < -0.4 is 11.5 Å². The Morgan fingerprint density at radius 1 is 1.54 bits per heavy atom. The van der Waals surface area contributed by atoms with Crippen LogP contribution in [0.2, 0.25) is 0 Å². The first-order valence-corrected chi connectivity index (χ1v) is 5.10. The molecule has 1 atom stereocenters. The predicted molar refractivity (Wildman–Crippen MR) is 47.7 cm³/mol. The molecule has 0 amide bonds. The first kappa shape index (κ1) is 12.5. The van der Waals surface area contributed by atoms with Crippen LogP contribution in [0.25, 0.3) is 0 Å². The molecule has 0 aliphatic heterocycles. The molecule has 0 aromatic rings. The lowest BCUT2D eigenvalue weighted by molar-refractivity contribution is -0.122. The van der Waals surface area contributed by atoms with Gasteiger partial charge >= 0.3 is 0 Å². The Labute approximate surface area is 77.0 Å². The van der Waals surface area contributed by atoms with E-state index in [1.165, 1.54) is 13.8 Å². The molecule has 0 bridgehead atoms. The summed E-state index contributed by atoms with van der Waals surface area (Å²) in [5.74, 6) is -0.794. The maximum Gasteiger partial charge on any atom is 0.276 e. The summed E-state index contributed by atoms with van der Waals surface area (Å²) in [6.45, 7) is 2.23. The molecular weight excluding hydrogens is 196 g/mol. The van der Waals surface area contributed by atoms with Gasteiger partial charge in [-0.05, 0) is 13.8 Å². The van der Waals surface area contributed by atoms with Crippen molar-refractivity contribution >= 4 is 15.9 Å². The van der Waals surface area contributed by atoms with Crippen LogP contribution in [0.15, 0.2) is 0 Å². The zero-order valence-electron chi connectivity index (χ0n) is 7.52. The van der Waals surface area contributed by atoms with Crippen molar-refractivity contribution in [2.24, 2.45) is 11.5 Å². The van der Waals surface area contributed by atoms with E-state index in [-0.39, 0.29) is 0 Å². The molecule has 0 aromatic carbocycles. The van der Waals surface area contributed by atoms with Crippen molar-refractivity contribution in [3.63, 3.8) is 0 Å². The Morgan fingerprint density at radius 3 is 2.00 bits per heavy atom. The standard InChI is InChI=1S/C6H14N2O4S/c1-6(2,8)5(9)4(3-7)13(10,11)12/h4H,3,7-8H2,1-2H3,(H,10,11,12). The van der Waals surface area contributed by atoms with Crippen LogP contribution in [0.1, 0.15) is 13.8 Å². The van der Waals surface area contributed by atoms with Crippen molar-refractivity contribution in [3.05, 3.63) is 0 Å². The average Bonchev–Trinajstić information content (AvgIpc) is 1.83. The molecule has 0 aliphatic rings. The normalized spacial score (nSPS) is 15.5. The molecule has 78 valence electrons. The molecule has 0 aromatic heterocycles. The quantitative estimate of drug-likeness (QED) is 0.485. The molecule has 0 aliphatic carbocycles. The summed E-state index contributed by atoms with van der Waals surface area (Å²) in [6, 6.07) is 0. The van der Waals surface area contributed by atoms with Crippen LogP contribution in [-0.2, 0) is 14.9 Å². The van der Waals surface area contributed by atoms with E-state index in [4.69, 9.17) is 16.0 Å². The minimum atomic E-state index is -4.45. The summed E-state index contributed by atoms with van der Waals surface area (Å²) < 4.78 is 29.9. The molecule has 0 rings (SSSR count). The second-order valence-electron chi connectivity index (χ2n) is 3.33. The number of carbonyl (C=O) groups is 1. The number of carbonyl (C=O) groups excluding carboxylic acids is 1. The van der Waals surface area contributed by atoms with Crippen molar-refractivity contribution in [2.45, 2.75) is 24.6 Å². The summed E-state index contributed by atoms with van der Waals surface area (Å²) in [5, 5.41) is -1.63. The molecule has 5 N–H and O–H groups in total. The number of hydrogen-bond donors (Lipinski definition) is 3. The number of nitrogens with two attached hydrogens (primary N) is 2. The molecule has 0 heterocycles. The van der Waals surface area contributed by atoms with Gasteiger partial charge in [0.25, 0.3) is 10.1 Å². The van der Waals surface area contributed by atoms with Crippen molar-refractivity contribution in [1.82, 2.24) is 0 Å². The summed E-state index contributed by atoms with van der Waals surface area (Å²) in [4.78, 5) is 11.3. The molecule has 0 spiro atoms. The monoisotopic (exact) mass is 210 g/mol. The third kappa shape index (κ3) is 3.39. The smallest absolute Gasteiger partial charge is 0.276 e. The van der Waals surface area contributed by atoms with E-state index in [0.717, 1.165) is 0 Å². The van der Waals surface area contributed by atoms with Gasteiger partial charge in [-0.3, -0.25) is 9.35 Å². The molecule has 7 heteroatoms. The van der Waals surface area contributed by atoms with Crippen molar-refractivity contribution in [3.8, 4) is 0 Å². The van der Waals surface area contributed by atoms with Crippen LogP contribution in [0.4, 0.5) is 0 Å². The van der Waals surface area contributed by atoms with Gasteiger partial charge in [0, 0.05) is 6.54 Å². The minimum absolute atomic E-state index is 0.474. The van der Waals surface area contributed by atoms with Crippen molar-refractivity contribution in [2.75, 3.05) is 6.54 Å². The second kappa shape index (κ2) is 3.70. The van der Waals surface area contributed by atoms with Crippen LogP contribution in [0.5, 0.6) is 0 Å². The van der Waals surface area contributed by atoms with E-state index in [2.05, 4.69) is 0 Å². The average molecular weight is 210 g/mol. The lowest BCUT2D eigenvalue weighted by Gasteiger charge is -2.21. The molecule has 6 nitrogen and oxygen atoms in total. The Hall–Kier alpha value is -0.500. The molecule has 0 fully saturated rings. The summed E-state index contributed by atoms with van der Waals surface area (Å²) >= 11 is 0. The van der Waals surface area contributed by atoms with Gasteiger partial charge in [0.05, 0.1) is 5.54 Å². The molecule has 0 radical (unpaired) electrons. The van der Waals surface area contributed by atoms with E-state index >= 15 is 0 Å². The van der Waals surface area contributed by atoms with Crippen LogP contribution in [0.3, 0.4) is 0 Å². The summed E-state index contributed by atoms with van der Waals surface area (Å²) in [7, 11) is -4.45. The maximum absolute atomic E-state index is 11.3. The second-order valence-corrected chi connectivity index (χ2v) is 4.92. The molecule has 1 unspecified atom stereocenters. The van der Waals surface area contributed by atoms with Gasteiger partial charge in [-0.1, -0.05) is 0 Å². The molecule has 0 saturated carbocycles. The lowest BCUT2D eigenvalue weighted by atomic mass is 9.98. The highest BCUT2D eigenvalue weighted by Crippen LogP contribution is 2.08. The highest BCUT2D eigenvalue weighted by atomic mass is 32.2. The third-order valence-electron chi connectivity index (χ3n) is 1.50. The molecule has 13 heavy (non-hydrogen) atoms. The number of rotatable bonds is 4. The molecular formula is C6H14N2O4S. The topological polar surface area (TPSA) is 123 Å². The summed E-state index contributed by atoms with van der Waals surface area (Å²) in [6.07, 6.45) is 0. The lowest BCUT2D eigenvalue weighted by Crippen LogP contribution is -2.52. The highest BCUT2D eigenvalue weighted by Gasteiger charge is 2.37. The fraction of sp³-hybridized carbons (Fsp3) is 0.833. The predicted octanol–water partition coefficient (Wildman–Crippen LogP) is -1.49. The Bertz CT molecular complexity index is 290. The number of ketones is 1. The van der Waals surface area contributed by atoms with E-state index in [1.807, 2.05) is 0 Å². The first-order chi connectivity index (χ1) is 5.60. The fourth-order valence-corrected chi connectivity index (χ4v) is 1.60. The van der Waals surface area contributed by atoms with Crippen LogP contribution in [0, 0.1) is 0 Å². The SMILES string of the molecule is CC(C)(N)C(=O)C(CN)S(=O)(=O)O. The van der Waals surface area contributed by atoms with E-state index in [1.54, 1.807) is 0 Å². The van der Waals surface area contributed by atoms with Gasteiger partial charge in [-0.2, -0.15) is 8.42 Å². The number of Topliss-reactive ketones (excluding diaryl/α,β-unsaturated/α-hetero) is 1. The molecule has 0 saturated heterocycles. The van der Waals surface area contributed by atoms with Gasteiger partial charge in [-0.25, -0.2) is 0 Å². The van der Waals surface area contributed by atoms with Crippen molar-refractivity contribution in [1.29, 1.82) is 0 Å². The third-order valence-corrected chi connectivity index (χ3v) is 2.63. The highest BCUT2D eigenvalue weighted by molar-refractivity contribution is 7.87. The maximum atomic E-state index is 11.3. The van der Waals surface area contributed by atoms with Gasteiger partial charge in [0.15, 0.2) is 11.0 Å². The fourth-order valence-electron chi connectivity index (χ4n) is 0.779. The van der Waals surface area contributed by atoms with Gasteiger partial charge in [0.1, 0.15) is 0 Å². The van der Waals surface area contributed by atoms with Crippen LogP contribution >= 0.6 is 0 Å². The Balaban J connectivity index is 4.94.